The van der Waals surface area contributed by atoms with E-state index in [2.05, 4.69) is 4.98 Å². The summed E-state index contributed by atoms with van der Waals surface area (Å²) in [7, 11) is 0. The number of hydrogen-bond acceptors (Lipinski definition) is 1. The third kappa shape index (κ3) is 2.31. The van der Waals surface area contributed by atoms with Crippen molar-refractivity contribution < 1.29 is 13.2 Å². The quantitative estimate of drug-likeness (QED) is 0.341. The van der Waals surface area contributed by atoms with Gasteiger partial charge in [-0.25, -0.2) is 4.98 Å². The van der Waals surface area contributed by atoms with Crippen LogP contribution in [0.5, 0.6) is 0 Å². The van der Waals surface area contributed by atoms with E-state index >= 15 is 0 Å². The predicted octanol–water partition coefficient (Wildman–Crippen LogP) is 6.33. The standard InChI is InChI=1S/C22H13F3N2/c23-22(24,25)21-26-17-12-6-4-10-15(17)20-19(14-8-2-1-3-9-14)16-11-5-7-13-18(16)27(20)21/h1-13H. The van der Waals surface area contributed by atoms with Crippen LogP contribution in [0.25, 0.3) is 38.4 Å². The highest BCUT2D eigenvalue weighted by Crippen LogP contribution is 2.41. The maximum absolute atomic E-state index is 13.9. The van der Waals surface area contributed by atoms with Crippen LogP contribution in [-0.2, 0) is 6.18 Å². The van der Waals surface area contributed by atoms with Crippen molar-refractivity contribution in [2.45, 2.75) is 6.18 Å². The summed E-state index contributed by atoms with van der Waals surface area (Å²) in [6, 6.07) is 23.7. The first-order valence-corrected chi connectivity index (χ1v) is 8.50. The first-order valence-electron chi connectivity index (χ1n) is 8.50. The smallest absolute Gasteiger partial charge is 0.289 e. The molecule has 0 N–H and O–H groups in total. The largest absolute Gasteiger partial charge is 0.450 e. The molecule has 5 heteroatoms. The Balaban J connectivity index is 2.13. The molecule has 2 heterocycles. The first-order chi connectivity index (χ1) is 13.1. The lowest BCUT2D eigenvalue weighted by atomic mass is 10.0. The van der Waals surface area contributed by atoms with Gasteiger partial charge in [0.05, 0.1) is 16.6 Å². The highest BCUT2D eigenvalue weighted by Gasteiger charge is 2.37. The summed E-state index contributed by atoms with van der Waals surface area (Å²) < 4.78 is 43.0. The highest BCUT2D eigenvalue weighted by molar-refractivity contribution is 6.13. The summed E-state index contributed by atoms with van der Waals surface area (Å²) in [4.78, 5) is 3.97. The number of fused-ring (bicyclic) bond motifs is 5. The van der Waals surface area contributed by atoms with Crippen LogP contribution in [0, 0.1) is 0 Å². The Labute approximate surface area is 152 Å². The summed E-state index contributed by atoms with van der Waals surface area (Å²) in [5.74, 6) is -0.908. The molecule has 0 saturated heterocycles. The van der Waals surface area contributed by atoms with Crippen LogP contribution in [0.3, 0.4) is 0 Å². The van der Waals surface area contributed by atoms with Crippen molar-refractivity contribution in [1.29, 1.82) is 0 Å². The van der Waals surface area contributed by atoms with Crippen molar-refractivity contribution >= 4 is 27.3 Å². The van der Waals surface area contributed by atoms with Gasteiger partial charge in [0.25, 0.3) is 0 Å². The lowest BCUT2D eigenvalue weighted by molar-refractivity contribution is -0.145. The third-order valence-corrected chi connectivity index (χ3v) is 4.79. The van der Waals surface area contributed by atoms with Gasteiger partial charge in [0.15, 0.2) is 0 Å². The van der Waals surface area contributed by atoms with Crippen LogP contribution in [0.15, 0.2) is 78.9 Å². The molecule has 2 aromatic heterocycles. The second kappa shape index (κ2) is 5.58. The SMILES string of the molecule is FC(F)(F)c1nc2ccccc2c2c(-c3ccccc3)c3ccccc3n12. The molecule has 0 amide bonds. The molecule has 0 spiro atoms. The van der Waals surface area contributed by atoms with Crippen molar-refractivity contribution in [3.05, 3.63) is 84.7 Å². The van der Waals surface area contributed by atoms with Crippen molar-refractivity contribution in [3.63, 3.8) is 0 Å². The number of aromatic nitrogens is 2. The van der Waals surface area contributed by atoms with Gasteiger partial charge in [-0.2, -0.15) is 13.2 Å². The average molecular weight is 362 g/mol. The van der Waals surface area contributed by atoms with Gasteiger partial charge in [0, 0.05) is 16.3 Å². The summed E-state index contributed by atoms with van der Waals surface area (Å²) in [5, 5.41) is 1.47. The molecule has 2 nitrogen and oxygen atoms in total. The maximum atomic E-state index is 13.9. The summed E-state index contributed by atoms with van der Waals surface area (Å²) in [6.07, 6.45) is -4.57. The minimum Gasteiger partial charge on any atom is -0.289 e. The fourth-order valence-corrected chi connectivity index (χ4v) is 3.74. The molecule has 3 aromatic carbocycles. The van der Waals surface area contributed by atoms with Gasteiger partial charge in [0.2, 0.25) is 5.82 Å². The predicted molar refractivity (Wildman–Crippen MR) is 101 cm³/mol. The number of benzene rings is 3. The lowest BCUT2D eigenvalue weighted by Gasteiger charge is -2.13. The van der Waals surface area contributed by atoms with E-state index in [-0.39, 0.29) is 0 Å². The zero-order valence-electron chi connectivity index (χ0n) is 14.0. The molecule has 0 atom stereocenters. The molecule has 27 heavy (non-hydrogen) atoms. The summed E-state index contributed by atoms with van der Waals surface area (Å²) in [5.41, 5.74) is 3.02. The van der Waals surface area contributed by atoms with Gasteiger partial charge in [-0.05, 0) is 17.7 Å². The van der Waals surface area contributed by atoms with Gasteiger partial charge in [0.1, 0.15) is 0 Å². The van der Waals surface area contributed by atoms with E-state index in [4.69, 9.17) is 0 Å². The second-order valence-electron chi connectivity index (χ2n) is 6.39. The molecule has 0 aliphatic rings. The topological polar surface area (TPSA) is 17.3 Å². The Morgan fingerprint density at radius 2 is 1.33 bits per heavy atom. The van der Waals surface area contributed by atoms with Gasteiger partial charge >= 0.3 is 6.18 Å². The molecule has 0 bridgehead atoms. The van der Waals surface area contributed by atoms with Gasteiger partial charge in [-0.3, -0.25) is 4.40 Å². The Hall–Kier alpha value is -3.34. The fourth-order valence-electron chi connectivity index (χ4n) is 3.74. The van der Waals surface area contributed by atoms with Gasteiger partial charge in [-0.1, -0.05) is 66.7 Å². The Bertz CT molecular complexity index is 1300. The van der Waals surface area contributed by atoms with Crippen molar-refractivity contribution in [2.75, 3.05) is 0 Å². The zero-order valence-corrected chi connectivity index (χ0v) is 14.0. The van der Waals surface area contributed by atoms with Crippen LogP contribution in [0.2, 0.25) is 0 Å². The molecule has 0 saturated carbocycles. The van der Waals surface area contributed by atoms with E-state index in [1.54, 1.807) is 24.3 Å². The van der Waals surface area contributed by atoms with Crippen molar-refractivity contribution in [3.8, 4) is 11.1 Å². The van der Waals surface area contributed by atoms with Crippen LogP contribution < -0.4 is 0 Å². The zero-order chi connectivity index (χ0) is 18.6. The van der Waals surface area contributed by atoms with Crippen LogP contribution in [-0.4, -0.2) is 9.38 Å². The molecule has 5 rings (SSSR count). The fraction of sp³-hybridized carbons (Fsp3) is 0.0455. The van der Waals surface area contributed by atoms with Crippen LogP contribution in [0.4, 0.5) is 13.2 Å². The molecule has 0 aliphatic heterocycles. The molecular weight excluding hydrogens is 349 g/mol. The molecule has 0 unspecified atom stereocenters. The number of hydrogen-bond donors (Lipinski definition) is 0. The maximum Gasteiger partial charge on any atom is 0.450 e. The molecular formula is C22H13F3N2. The van der Waals surface area contributed by atoms with E-state index < -0.39 is 12.0 Å². The highest BCUT2D eigenvalue weighted by atomic mass is 19.4. The summed E-state index contributed by atoms with van der Waals surface area (Å²) >= 11 is 0. The summed E-state index contributed by atoms with van der Waals surface area (Å²) in [6.45, 7) is 0. The molecule has 0 radical (unpaired) electrons. The number of nitrogens with zero attached hydrogens (tertiary/aromatic N) is 2. The number of halogens is 3. The Morgan fingerprint density at radius 3 is 2.07 bits per heavy atom. The van der Waals surface area contributed by atoms with Crippen LogP contribution in [0.1, 0.15) is 5.82 Å². The number of rotatable bonds is 1. The second-order valence-corrected chi connectivity index (χ2v) is 6.39. The van der Waals surface area contributed by atoms with Gasteiger partial charge < -0.3 is 0 Å². The third-order valence-electron chi connectivity index (χ3n) is 4.79. The van der Waals surface area contributed by atoms with E-state index in [0.29, 0.717) is 21.9 Å². The Kier molecular flexibility index (Phi) is 3.28. The van der Waals surface area contributed by atoms with Crippen molar-refractivity contribution in [2.24, 2.45) is 0 Å². The number of para-hydroxylation sites is 2. The normalized spacial score (nSPS) is 12.3. The molecule has 5 aromatic rings. The van der Waals surface area contributed by atoms with Crippen molar-refractivity contribution in [1.82, 2.24) is 9.38 Å². The monoisotopic (exact) mass is 362 g/mol. The van der Waals surface area contributed by atoms with E-state index in [1.165, 1.54) is 4.40 Å². The molecule has 0 fully saturated rings. The minimum atomic E-state index is -4.57. The first kappa shape index (κ1) is 15.9. The van der Waals surface area contributed by atoms with E-state index in [1.807, 2.05) is 54.6 Å². The lowest BCUT2D eigenvalue weighted by Crippen LogP contribution is -2.14. The van der Waals surface area contributed by atoms with E-state index in [9.17, 15) is 13.2 Å². The van der Waals surface area contributed by atoms with Gasteiger partial charge in [-0.15, -0.1) is 0 Å². The average Bonchev–Trinajstić information content (AvgIpc) is 3.03. The molecule has 132 valence electrons. The minimum absolute atomic E-state index is 0.331. The van der Waals surface area contributed by atoms with Crippen LogP contribution >= 0.6 is 0 Å². The molecule has 0 aliphatic carbocycles. The Morgan fingerprint density at radius 1 is 0.704 bits per heavy atom. The van der Waals surface area contributed by atoms with E-state index in [0.717, 1.165) is 16.5 Å². The number of alkyl halides is 3.